The molecule has 0 saturated carbocycles. The van der Waals surface area contributed by atoms with Crippen LogP contribution in [0.1, 0.15) is 31.5 Å². The van der Waals surface area contributed by atoms with Crippen molar-refractivity contribution in [1.29, 1.82) is 0 Å². The first-order chi connectivity index (χ1) is 8.99. The van der Waals surface area contributed by atoms with E-state index in [-0.39, 0.29) is 0 Å². The molecular formula is C14H16N2O2S. The molecule has 19 heavy (non-hydrogen) atoms. The third-order valence-corrected chi connectivity index (χ3v) is 4.22. The van der Waals surface area contributed by atoms with E-state index in [1.165, 1.54) is 22.5 Å². The van der Waals surface area contributed by atoms with Crippen molar-refractivity contribution in [3.05, 3.63) is 44.9 Å². The van der Waals surface area contributed by atoms with E-state index < -0.39 is 5.97 Å². The number of hydrogen-bond acceptors (Lipinski definition) is 4. The van der Waals surface area contributed by atoms with Crippen LogP contribution in [0.5, 0.6) is 0 Å². The maximum Gasteiger partial charge on any atom is 0.347 e. The van der Waals surface area contributed by atoms with Gasteiger partial charge in [-0.2, -0.15) is 0 Å². The number of carbonyl (C=O) groups is 1. The largest absolute Gasteiger partial charge is 0.477 e. The number of hydrogen-bond donors (Lipinski definition) is 2. The Labute approximate surface area is 116 Å². The summed E-state index contributed by atoms with van der Waals surface area (Å²) in [5, 5.41) is 13.1. The molecule has 2 aromatic rings. The van der Waals surface area contributed by atoms with Gasteiger partial charge in [-0.15, -0.1) is 11.3 Å². The van der Waals surface area contributed by atoms with E-state index in [0.717, 1.165) is 10.7 Å². The van der Waals surface area contributed by atoms with Crippen molar-refractivity contribution in [2.24, 2.45) is 0 Å². The minimum atomic E-state index is -0.909. The topological polar surface area (TPSA) is 62.2 Å². The Morgan fingerprint density at radius 1 is 1.37 bits per heavy atom. The van der Waals surface area contributed by atoms with Crippen molar-refractivity contribution >= 4 is 23.0 Å². The predicted octanol–water partition coefficient (Wildman–Crippen LogP) is 3.38. The summed E-state index contributed by atoms with van der Waals surface area (Å²) in [6.45, 7) is 6.40. The summed E-state index contributed by atoms with van der Waals surface area (Å²) in [5.41, 5.74) is 4.07. The standard InChI is InChI=1S/C14H16N2O2S/c1-8-5-4-6-11(9(8)2)15-7-12-16-10(3)13(19-12)14(17)18/h4-6,15H,7H2,1-3H3,(H,17,18). The highest BCUT2D eigenvalue weighted by Gasteiger charge is 2.13. The molecule has 0 unspecified atom stereocenters. The molecule has 0 aliphatic rings. The fourth-order valence-electron chi connectivity index (χ4n) is 1.84. The Kier molecular flexibility index (Phi) is 3.85. The van der Waals surface area contributed by atoms with Gasteiger partial charge in [0, 0.05) is 5.69 Å². The van der Waals surface area contributed by atoms with Crippen LogP contribution in [0.2, 0.25) is 0 Å². The second-order valence-corrected chi connectivity index (χ2v) is 5.51. The van der Waals surface area contributed by atoms with Crippen molar-refractivity contribution in [2.75, 3.05) is 5.32 Å². The van der Waals surface area contributed by atoms with E-state index >= 15 is 0 Å². The maximum atomic E-state index is 11.0. The van der Waals surface area contributed by atoms with Crippen LogP contribution in [-0.2, 0) is 6.54 Å². The molecule has 0 amide bonds. The number of aryl methyl sites for hydroxylation is 2. The van der Waals surface area contributed by atoms with E-state index in [4.69, 9.17) is 5.11 Å². The lowest BCUT2D eigenvalue weighted by Gasteiger charge is -2.09. The molecule has 0 spiro atoms. The van der Waals surface area contributed by atoms with Gasteiger partial charge in [-0.1, -0.05) is 12.1 Å². The number of anilines is 1. The first-order valence-electron chi connectivity index (χ1n) is 5.98. The van der Waals surface area contributed by atoms with E-state index in [1.54, 1.807) is 6.92 Å². The Morgan fingerprint density at radius 3 is 2.74 bits per heavy atom. The van der Waals surface area contributed by atoms with Gasteiger partial charge in [-0.05, 0) is 38.0 Å². The molecule has 1 aromatic heterocycles. The third-order valence-electron chi connectivity index (χ3n) is 3.07. The van der Waals surface area contributed by atoms with Crippen molar-refractivity contribution in [3.63, 3.8) is 0 Å². The van der Waals surface area contributed by atoms with Crippen molar-refractivity contribution in [3.8, 4) is 0 Å². The lowest BCUT2D eigenvalue weighted by atomic mass is 10.1. The van der Waals surface area contributed by atoms with Crippen molar-refractivity contribution in [1.82, 2.24) is 4.98 Å². The zero-order valence-corrected chi connectivity index (χ0v) is 12.0. The minimum Gasteiger partial charge on any atom is -0.477 e. The highest BCUT2D eigenvalue weighted by Crippen LogP contribution is 2.22. The van der Waals surface area contributed by atoms with Gasteiger partial charge >= 0.3 is 5.97 Å². The summed E-state index contributed by atoms with van der Waals surface area (Å²) in [6.07, 6.45) is 0. The average Bonchev–Trinajstić information content (AvgIpc) is 2.73. The molecule has 1 heterocycles. The molecule has 0 bridgehead atoms. The lowest BCUT2D eigenvalue weighted by Crippen LogP contribution is -2.01. The van der Waals surface area contributed by atoms with Gasteiger partial charge in [0.15, 0.2) is 0 Å². The average molecular weight is 276 g/mol. The highest BCUT2D eigenvalue weighted by molar-refractivity contribution is 7.13. The molecule has 5 heteroatoms. The second-order valence-electron chi connectivity index (χ2n) is 4.43. The zero-order valence-electron chi connectivity index (χ0n) is 11.2. The molecule has 100 valence electrons. The maximum absolute atomic E-state index is 11.0. The summed E-state index contributed by atoms with van der Waals surface area (Å²) >= 11 is 1.22. The van der Waals surface area contributed by atoms with Gasteiger partial charge in [0.2, 0.25) is 0 Å². The van der Waals surface area contributed by atoms with Gasteiger partial charge in [0.05, 0.1) is 12.2 Å². The van der Waals surface area contributed by atoms with Crippen LogP contribution in [-0.4, -0.2) is 16.1 Å². The van der Waals surface area contributed by atoms with Crippen LogP contribution in [0.4, 0.5) is 5.69 Å². The summed E-state index contributed by atoms with van der Waals surface area (Å²) in [5.74, 6) is -0.909. The number of carboxylic acid groups (broad SMARTS) is 1. The van der Waals surface area contributed by atoms with Crippen LogP contribution in [0.3, 0.4) is 0 Å². The molecule has 4 nitrogen and oxygen atoms in total. The van der Waals surface area contributed by atoms with E-state index in [9.17, 15) is 4.79 Å². The molecule has 0 atom stereocenters. The van der Waals surface area contributed by atoms with Gasteiger partial charge in [0.1, 0.15) is 9.88 Å². The predicted molar refractivity (Wildman–Crippen MR) is 77.1 cm³/mol. The Balaban J connectivity index is 2.13. The normalized spacial score (nSPS) is 10.5. The molecule has 1 aromatic carbocycles. The number of nitrogens with zero attached hydrogens (tertiary/aromatic N) is 1. The highest BCUT2D eigenvalue weighted by atomic mass is 32.1. The monoisotopic (exact) mass is 276 g/mol. The SMILES string of the molecule is Cc1cccc(NCc2nc(C)c(C(=O)O)s2)c1C. The number of benzene rings is 1. The summed E-state index contributed by atoms with van der Waals surface area (Å²) < 4.78 is 0. The molecule has 2 rings (SSSR count). The zero-order chi connectivity index (χ0) is 14.0. The van der Waals surface area contributed by atoms with Gasteiger partial charge in [-0.3, -0.25) is 0 Å². The quantitative estimate of drug-likeness (QED) is 0.898. The van der Waals surface area contributed by atoms with Crippen LogP contribution in [0.15, 0.2) is 18.2 Å². The second kappa shape index (κ2) is 5.40. The summed E-state index contributed by atoms with van der Waals surface area (Å²) in [4.78, 5) is 15.5. The van der Waals surface area contributed by atoms with E-state index in [0.29, 0.717) is 17.1 Å². The number of aromatic nitrogens is 1. The molecule has 0 aliphatic heterocycles. The smallest absolute Gasteiger partial charge is 0.347 e. The fraction of sp³-hybridized carbons (Fsp3) is 0.286. The van der Waals surface area contributed by atoms with Crippen LogP contribution >= 0.6 is 11.3 Å². The Hall–Kier alpha value is -1.88. The number of thiazole rings is 1. The van der Waals surface area contributed by atoms with Gasteiger partial charge in [-0.25, -0.2) is 9.78 Å². The minimum absolute atomic E-state index is 0.317. The summed E-state index contributed by atoms with van der Waals surface area (Å²) in [6, 6.07) is 6.08. The molecular weight excluding hydrogens is 260 g/mol. The first-order valence-corrected chi connectivity index (χ1v) is 6.80. The summed E-state index contributed by atoms with van der Waals surface area (Å²) in [7, 11) is 0. The van der Waals surface area contributed by atoms with Crippen LogP contribution in [0.25, 0.3) is 0 Å². The van der Waals surface area contributed by atoms with Crippen molar-refractivity contribution < 1.29 is 9.90 Å². The number of carboxylic acids is 1. The first kappa shape index (κ1) is 13.5. The fourth-order valence-corrected chi connectivity index (χ4v) is 2.68. The van der Waals surface area contributed by atoms with Crippen LogP contribution in [0, 0.1) is 20.8 Å². The van der Waals surface area contributed by atoms with E-state index in [1.807, 2.05) is 12.1 Å². The van der Waals surface area contributed by atoms with Gasteiger partial charge in [0.25, 0.3) is 0 Å². The number of aromatic carboxylic acids is 1. The third kappa shape index (κ3) is 2.93. The lowest BCUT2D eigenvalue weighted by molar-refractivity contribution is 0.0701. The van der Waals surface area contributed by atoms with E-state index in [2.05, 4.69) is 30.2 Å². The molecule has 0 fully saturated rings. The molecule has 0 saturated heterocycles. The molecule has 2 N–H and O–H groups in total. The van der Waals surface area contributed by atoms with Crippen LogP contribution < -0.4 is 5.32 Å². The number of nitrogens with one attached hydrogen (secondary N) is 1. The molecule has 0 aliphatic carbocycles. The van der Waals surface area contributed by atoms with Gasteiger partial charge < -0.3 is 10.4 Å². The Morgan fingerprint density at radius 2 is 2.11 bits per heavy atom. The number of rotatable bonds is 4. The van der Waals surface area contributed by atoms with Crippen molar-refractivity contribution in [2.45, 2.75) is 27.3 Å². The Bertz CT molecular complexity index is 620. The molecule has 0 radical (unpaired) electrons.